The van der Waals surface area contributed by atoms with Crippen LogP contribution in [0.15, 0.2) is 28.3 Å². The van der Waals surface area contributed by atoms with Crippen molar-refractivity contribution >= 4 is 56.5 Å². The number of rotatable bonds is 10. The number of aliphatic hydroxyl groups is 2. The van der Waals surface area contributed by atoms with Crippen LogP contribution in [0.25, 0.3) is 0 Å². The summed E-state index contributed by atoms with van der Waals surface area (Å²) in [6, 6.07) is 1.68. The molecular formula is C30H43ClN10O4S2. The van der Waals surface area contributed by atoms with E-state index in [1.54, 1.807) is 12.4 Å². The fraction of sp³-hybridized carbons (Fsp3) is 0.600. The van der Waals surface area contributed by atoms with E-state index in [1.165, 1.54) is 0 Å². The maximum Gasteiger partial charge on any atom is 0.227 e. The van der Waals surface area contributed by atoms with E-state index >= 15 is 0 Å². The van der Waals surface area contributed by atoms with Crippen LogP contribution in [0, 0.1) is 11.8 Å². The predicted octanol–water partition coefficient (Wildman–Crippen LogP) is 1.91. The third kappa shape index (κ3) is 8.34. The van der Waals surface area contributed by atoms with E-state index in [2.05, 4.69) is 40.6 Å². The van der Waals surface area contributed by atoms with Gasteiger partial charge in [-0.05, 0) is 29.5 Å². The fourth-order valence-electron chi connectivity index (χ4n) is 5.52. The number of nitrogens with zero attached hydrogens (tertiary/aromatic N) is 8. The number of nitrogens with one attached hydrogen (secondary N) is 2. The molecule has 2 unspecified atom stereocenters. The maximum absolute atomic E-state index is 12.5. The van der Waals surface area contributed by atoms with Crippen LogP contribution >= 0.6 is 11.6 Å². The molecule has 6 heterocycles. The van der Waals surface area contributed by atoms with E-state index in [-0.39, 0.29) is 42.4 Å². The topological polar surface area (TPSA) is 182 Å². The molecule has 3 aromatic rings. The number of halogens is 1. The van der Waals surface area contributed by atoms with Gasteiger partial charge in [0.25, 0.3) is 0 Å². The summed E-state index contributed by atoms with van der Waals surface area (Å²) in [6.07, 6.45) is 4.83. The molecule has 0 aliphatic carbocycles. The highest BCUT2D eigenvalue weighted by Crippen LogP contribution is 2.32. The highest BCUT2D eigenvalue weighted by Gasteiger charge is 2.30. The zero-order valence-electron chi connectivity index (χ0n) is 27.1. The Morgan fingerprint density at radius 3 is 1.83 bits per heavy atom. The van der Waals surface area contributed by atoms with Gasteiger partial charge < -0.3 is 30.6 Å². The van der Waals surface area contributed by atoms with Gasteiger partial charge in [0, 0.05) is 50.5 Å². The van der Waals surface area contributed by atoms with Crippen LogP contribution in [0.5, 0.6) is 0 Å². The molecule has 6 rings (SSSR count). The second kappa shape index (κ2) is 15.9. The minimum absolute atomic E-state index is 0.00292. The normalized spacial score (nSPS) is 20.0. The van der Waals surface area contributed by atoms with E-state index < -0.39 is 21.6 Å². The van der Waals surface area contributed by atoms with Gasteiger partial charge in [-0.15, -0.1) is 0 Å². The highest BCUT2D eigenvalue weighted by atomic mass is 35.5. The van der Waals surface area contributed by atoms with E-state index in [1.807, 2.05) is 33.8 Å². The summed E-state index contributed by atoms with van der Waals surface area (Å²) in [6.45, 7) is 11.3. The molecule has 0 radical (unpaired) electrons. The molecule has 3 aliphatic heterocycles. The van der Waals surface area contributed by atoms with Crippen molar-refractivity contribution < 1.29 is 18.6 Å². The van der Waals surface area contributed by atoms with Crippen LogP contribution in [0.3, 0.4) is 0 Å². The molecule has 4 atom stereocenters. The summed E-state index contributed by atoms with van der Waals surface area (Å²) < 4.78 is 24.4. The number of anilines is 4. The Morgan fingerprint density at radius 1 is 0.787 bits per heavy atom. The van der Waals surface area contributed by atoms with Gasteiger partial charge in [0.05, 0.1) is 76.4 Å². The maximum atomic E-state index is 12.5. The molecule has 0 amide bonds. The molecule has 256 valence electrons. The predicted molar refractivity (Wildman–Crippen MR) is 184 cm³/mol. The van der Waals surface area contributed by atoms with Gasteiger partial charge in [-0.3, -0.25) is 8.42 Å². The van der Waals surface area contributed by atoms with Crippen molar-refractivity contribution in [2.24, 2.45) is 11.8 Å². The van der Waals surface area contributed by atoms with Crippen LogP contribution in [-0.2, 0) is 34.4 Å². The van der Waals surface area contributed by atoms with E-state index in [9.17, 15) is 18.6 Å². The summed E-state index contributed by atoms with van der Waals surface area (Å²) in [5, 5.41) is 33.4. The van der Waals surface area contributed by atoms with Crippen molar-refractivity contribution in [3.63, 3.8) is 0 Å². The van der Waals surface area contributed by atoms with Crippen molar-refractivity contribution in [1.82, 2.24) is 30.1 Å². The lowest BCUT2D eigenvalue weighted by Crippen LogP contribution is -2.47. The number of aromatic nitrogens is 6. The van der Waals surface area contributed by atoms with Crippen LogP contribution < -0.4 is 20.4 Å². The van der Waals surface area contributed by atoms with E-state index in [4.69, 9.17) is 21.6 Å². The fourth-order valence-corrected chi connectivity index (χ4v) is 8.33. The average molecular weight is 707 g/mol. The second-order valence-electron chi connectivity index (χ2n) is 12.3. The van der Waals surface area contributed by atoms with Gasteiger partial charge in [-0.2, -0.15) is 20.2 Å². The van der Waals surface area contributed by atoms with Crippen molar-refractivity contribution in [1.29, 1.82) is 0 Å². The van der Waals surface area contributed by atoms with Gasteiger partial charge in [-0.1, -0.05) is 27.7 Å². The summed E-state index contributed by atoms with van der Waals surface area (Å²) in [5.74, 6) is 3.36. The summed E-state index contributed by atoms with van der Waals surface area (Å²) in [7, 11) is -2.17. The van der Waals surface area contributed by atoms with Gasteiger partial charge in [0.2, 0.25) is 11.2 Å². The average Bonchev–Trinajstić information content (AvgIpc) is 3.64. The first kappa shape index (κ1) is 35.3. The van der Waals surface area contributed by atoms with Gasteiger partial charge in [0.1, 0.15) is 21.4 Å². The number of hydrogen-bond acceptors (Lipinski definition) is 14. The first-order valence-electron chi connectivity index (χ1n) is 15.8. The van der Waals surface area contributed by atoms with Crippen molar-refractivity contribution in [2.75, 3.05) is 71.3 Å². The third-order valence-electron chi connectivity index (χ3n) is 8.48. The van der Waals surface area contributed by atoms with Gasteiger partial charge in [-0.25, -0.2) is 9.97 Å². The monoisotopic (exact) mass is 706 g/mol. The lowest BCUT2D eigenvalue weighted by Gasteiger charge is -2.36. The molecule has 17 heteroatoms. The molecule has 1 saturated heterocycles. The largest absolute Gasteiger partial charge is 0.394 e. The summed E-state index contributed by atoms with van der Waals surface area (Å²) in [4.78, 5) is 23.5. The smallest absolute Gasteiger partial charge is 0.227 e. The van der Waals surface area contributed by atoms with E-state index in [0.717, 1.165) is 43.3 Å². The molecule has 3 aromatic heterocycles. The summed E-state index contributed by atoms with van der Waals surface area (Å²) in [5.41, 5.74) is 2.67. The first-order chi connectivity index (χ1) is 22.6. The SMILES string of the molecule is CC(C)[C@H](CO)Nc1nc(Cl)nc2c1S(=O)CC2.CC(C)[C@H](CO)Nc1nc(N2CCN(c3ccnnc3)CC2)nc2c1S(=O)CC2. The van der Waals surface area contributed by atoms with Gasteiger partial charge in [0.15, 0.2) is 0 Å². The molecule has 0 saturated carbocycles. The number of aliphatic hydroxyl groups excluding tert-OH is 2. The number of aryl methyl sites for hydroxylation is 2. The Morgan fingerprint density at radius 2 is 1.32 bits per heavy atom. The molecule has 3 aliphatic rings. The van der Waals surface area contributed by atoms with Crippen molar-refractivity contribution in [3.8, 4) is 0 Å². The number of hydrogen-bond donors (Lipinski definition) is 4. The molecule has 0 aromatic carbocycles. The van der Waals surface area contributed by atoms with Crippen LogP contribution in [0.4, 0.5) is 23.3 Å². The van der Waals surface area contributed by atoms with Gasteiger partial charge >= 0.3 is 0 Å². The van der Waals surface area contributed by atoms with Crippen LogP contribution in [0.1, 0.15) is 39.1 Å². The van der Waals surface area contributed by atoms with Crippen molar-refractivity contribution in [2.45, 2.75) is 62.4 Å². The molecule has 14 nitrogen and oxygen atoms in total. The Labute approximate surface area is 285 Å². The molecular weight excluding hydrogens is 664 g/mol. The Bertz CT molecular complexity index is 1580. The molecule has 1 fully saturated rings. The third-order valence-corrected chi connectivity index (χ3v) is 11.6. The minimum atomic E-state index is -1.09. The molecule has 0 spiro atoms. The lowest BCUT2D eigenvalue weighted by molar-refractivity contribution is 0.248. The van der Waals surface area contributed by atoms with Crippen LogP contribution in [-0.4, -0.2) is 112 Å². The quantitative estimate of drug-likeness (QED) is 0.224. The first-order valence-corrected chi connectivity index (χ1v) is 18.9. The van der Waals surface area contributed by atoms with Crippen molar-refractivity contribution in [3.05, 3.63) is 35.1 Å². The molecule has 47 heavy (non-hydrogen) atoms. The molecule has 0 bridgehead atoms. The second-order valence-corrected chi connectivity index (χ2v) is 15.6. The minimum Gasteiger partial charge on any atom is -0.394 e. The van der Waals surface area contributed by atoms with E-state index in [0.29, 0.717) is 51.7 Å². The lowest BCUT2D eigenvalue weighted by atomic mass is 10.1. The standard InChI is InChI=1S/C19H27N7O2S.C11H16ClN3O2S/c1-13(2)16(12-27)22-18-17-15(4-10-29(17)28)23-19(24-18)26-8-6-25(7-9-26)14-3-5-20-21-11-14;1-6(2)8(5-16)13-10-9-7(3-4-18(9)17)14-11(12)15-10/h3,5,11,13,16,27H,4,6-10,12H2,1-2H3,(H,22,23,24);6,8,16H,3-5H2,1-2H3,(H,13,14,15)/t16-,29?;8-,18?/m00/s1. The van der Waals surface area contributed by atoms with Crippen LogP contribution in [0.2, 0.25) is 5.28 Å². The zero-order chi connectivity index (χ0) is 33.7. The molecule has 4 N–H and O–H groups in total. The Balaban J connectivity index is 0.000000207. The zero-order valence-corrected chi connectivity index (χ0v) is 29.5. The number of fused-ring (bicyclic) bond motifs is 2. The summed E-state index contributed by atoms with van der Waals surface area (Å²) >= 11 is 5.86. The Hall–Kier alpha value is -3.05. The highest BCUT2D eigenvalue weighted by molar-refractivity contribution is 7.85. The Kier molecular flexibility index (Phi) is 11.9. The number of piperazine rings is 1.